The molecule has 0 atom stereocenters. The highest BCUT2D eigenvalue weighted by Gasteiger charge is 2.43. The van der Waals surface area contributed by atoms with Gasteiger partial charge in [-0.2, -0.15) is 26.3 Å². The first kappa shape index (κ1) is 15.3. The van der Waals surface area contributed by atoms with Crippen LogP contribution in [-0.4, -0.2) is 5.78 Å². The van der Waals surface area contributed by atoms with E-state index in [0.29, 0.717) is 6.07 Å². The van der Waals surface area contributed by atoms with Gasteiger partial charge in [-0.25, -0.2) is 0 Å². The summed E-state index contributed by atoms with van der Waals surface area (Å²) in [5, 5.41) is 0. The lowest BCUT2D eigenvalue weighted by Gasteiger charge is -2.17. The maximum absolute atomic E-state index is 12.5. The summed E-state index contributed by atoms with van der Waals surface area (Å²) in [5.41, 5.74) is -4.01. The Kier molecular flexibility index (Phi) is 3.99. The van der Waals surface area contributed by atoms with Gasteiger partial charge in [0, 0.05) is 9.13 Å². The zero-order chi connectivity index (χ0) is 14.3. The Hall–Kier alpha value is -0.800. The minimum absolute atomic E-state index is 0.166. The molecule has 1 nitrogen and oxygen atoms in total. The first-order valence-corrected chi connectivity index (χ1v) is 5.51. The Morgan fingerprint density at radius 3 is 1.72 bits per heavy atom. The summed E-state index contributed by atoms with van der Waals surface area (Å²) in [7, 11) is 0. The summed E-state index contributed by atoms with van der Waals surface area (Å²) >= 11 is 1.40. The van der Waals surface area contributed by atoms with E-state index in [2.05, 4.69) is 0 Å². The van der Waals surface area contributed by atoms with Crippen molar-refractivity contribution in [3.63, 3.8) is 0 Å². The number of rotatable bonds is 1. The van der Waals surface area contributed by atoms with Crippen LogP contribution < -0.4 is 0 Å². The van der Waals surface area contributed by atoms with Crippen LogP contribution in [0.15, 0.2) is 12.1 Å². The maximum Gasteiger partial charge on any atom is 0.417 e. The molecule has 0 amide bonds. The molecule has 0 saturated carbocycles. The van der Waals surface area contributed by atoms with Crippen molar-refractivity contribution in [2.75, 3.05) is 0 Å². The third-order valence-electron chi connectivity index (χ3n) is 2.10. The number of hydrogen-bond donors (Lipinski definition) is 0. The molecule has 1 aromatic carbocycles. The minimum Gasteiger partial charge on any atom is -0.294 e. The molecular formula is C10H5F6IO. The molecule has 0 aliphatic heterocycles. The van der Waals surface area contributed by atoms with Gasteiger partial charge in [-0.3, -0.25) is 4.79 Å². The van der Waals surface area contributed by atoms with E-state index in [0.717, 1.165) is 6.92 Å². The van der Waals surface area contributed by atoms with Crippen molar-refractivity contribution in [1.82, 2.24) is 0 Å². The molecule has 0 fully saturated rings. The molecule has 0 unspecified atom stereocenters. The van der Waals surface area contributed by atoms with E-state index in [9.17, 15) is 31.1 Å². The zero-order valence-corrected chi connectivity index (χ0v) is 10.9. The fraction of sp³-hybridized carbons (Fsp3) is 0.300. The van der Waals surface area contributed by atoms with Crippen molar-refractivity contribution in [2.24, 2.45) is 0 Å². The Morgan fingerprint density at radius 1 is 1.00 bits per heavy atom. The first-order chi connectivity index (χ1) is 7.94. The van der Waals surface area contributed by atoms with Gasteiger partial charge in [0.2, 0.25) is 0 Å². The van der Waals surface area contributed by atoms with Crippen molar-refractivity contribution in [3.05, 3.63) is 32.4 Å². The summed E-state index contributed by atoms with van der Waals surface area (Å²) in [6.07, 6.45) is -10.3. The van der Waals surface area contributed by atoms with E-state index >= 15 is 0 Å². The second kappa shape index (κ2) is 4.71. The molecule has 0 aliphatic carbocycles. The largest absolute Gasteiger partial charge is 0.417 e. The average Bonchev–Trinajstić information content (AvgIpc) is 2.13. The summed E-state index contributed by atoms with van der Waals surface area (Å²) in [4.78, 5) is 11.1. The fourth-order valence-corrected chi connectivity index (χ4v) is 2.16. The van der Waals surface area contributed by atoms with E-state index < -0.39 is 29.3 Å². The van der Waals surface area contributed by atoms with Crippen LogP contribution in [0.1, 0.15) is 28.4 Å². The van der Waals surface area contributed by atoms with Crippen LogP contribution in [-0.2, 0) is 12.4 Å². The molecule has 0 saturated heterocycles. The molecule has 0 aliphatic rings. The summed E-state index contributed by atoms with van der Waals surface area (Å²) in [6, 6.07) is 0.576. The second-order valence-electron chi connectivity index (χ2n) is 3.43. The SMILES string of the molecule is CC(=O)c1cc(C(F)(F)F)c(C(F)(F)F)cc1I. The lowest BCUT2D eigenvalue weighted by Crippen LogP contribution is -2.18. The van der Waals surface area contributed by atoms with E-state index in [4.69, 9.17) is 0 Å². The first-order valence-electron chi connectivity index (χ1n) is 4.43. The lowest BCUT2D eigenvalue weighted by molar-refractivity contribution is -0.162. The summed E-state index contributed by atoms with van der Waals surface area (Å²) in [6.45, 7) is 0.991. The smallest absolute Gasteiger partial charge is 0.294 e. The maximum atomic E-state index is 12.5. The molecule has 0 aromatic heterocycles. The topological polar surface area (TPSA) is 17.1 Å². The van der Waals surface area contributed by atoms with E-state index in [1.165, 1.54) is 22.6 Å². The highest BCUT2D eigenvalue weighted by molar-refractivity contribution is 14.1. The Balaban J connectivity index is 3.64. The molecule has 0 radical (unpaired) electrons. The summed E-state index contributed by atoms with van der Waals surface area (Å²) < 4.78 is 75.0. The second-order valence-corrected chi connectivity index (χ2v) is 4.59. The number of halogens is 7. The van der Waals surface area contributed by atoms with Gasteiger partial charge in [-0.15, -0.1) is 0 Å². The van der Waals surface area contributed by atoms with E-state index in [1.807, 2.05) is 0 Å². The van der Waals surface area contributed by atoms with Crippen LogP contribution in [0.2, 0.25) is 0 Å². The molecule has 0 bridgehead atoms. The van der Waals surface area contributed by atoms with E-state index in [-0.39, 0.29) is 15.2 Å². The van der Waals surface area contributed by atoms with Crippen LogP contribution in [0.25, 0.3) is 0 Å². The molecule has 8 heteroatoms. The van der Waals surface area contributed by atoms with Crippen LogP contribution in [0.5, 0.6) is 0 Å². The van der Waals surface area contributed by atoms with Gasteiger partial charge in [0.1, 0.15) is 0 Å². The number of Topliss-reactive ketones (excluding diaryl/α,β-unsaturated/α-hetero) is 1. The van der Waals surface area contributed by atoms with Gasteiger partial charge >= 0.3 is 12.4 Å². The van der Waals surface area contributed by atoms with Crippen molar-refractivity contribution in [3.8, 4) is 0 Å². The van der Waals surface area contributed by atoms with Crippen molar-refractivity contribution in [2.45, 2.75) is 19.3 Å². The Bertz CT molecular complexity index is 488. The predicted molar refractivity (Wildman–Crippen MR) is 59.2 cm³/mol. The van der Waals surface area contributed by atoms with Gasteiger partial charge in [-0.1, -0.05) is 0 Å². The quantitative estimate of drug-likeness (QED) is 0.396. The van der Waals surface area contributed by atoms with Crippen molar-refractivity contribution in [1.29, 1.82) is 0 Å². The van der Waals surface area contributed by atoms with Gasteiger partial charge in [0.25, 0.3) is 0 Å². The highest BCUT2D eigenvalue weighted by Crippen LogP contribution is 2.41. The van der Waals surface area contributed by atoms with E-state index in [1.54, 1.807) is 0 Å². The molecule has 0 heterocycles. The summed E-state index contributed by atoms with van der Waals surface area (Å²) in [5.74, 6) is -0.723. The average molecular weight is 382 g/mol. The normalized spacial score (nSPS) is 12.7. The van der Waals surface area contributed by atoms with Crippen LogP contribution in [0, 0.1) is 3.57 Å². The Labute approximate surface area is 111 Å². The fourth-order valence-electron chi connectivity index (χ4n) is 1.31. The number of carbonyl (C=O) groups excluding carboxylic acids is 1. The molecule has 1 rings (SSSR count). The predicted octanol–water partition coefficient (Wildman–Crippen LogP) is 4.53. The molecule has 1 aromatic rings. The number of carbonyl (C=O) groups is 1. The van der Waals surface area contributed by atoms with Gasteiger partial charge < -0.3 is 0 Å². The third kappa shape index (κ3) is 3.15. The van der Waals surface area contributed by atoms with Crippen molar-refractivity contribution >= 4 is 28.4 Å². The number of benzene rings is 1. The number of alkyl halides is 6. The van der Waals surface area contributed by atoms with Gasteiger partial charge in [-0.05, 0) is 41.6 Å². The van der Waals surface area contributed by atoms with Crippen LogP contribution in [0.4, 0.5) is 26.3 Å². The van der Waals surface area contributed by atoms with Crippen LogP contribution >= 0.6 is 22.6 Å². The molecule has 18 heavy (non-hydrogen) atoms. The minimum atomic E-state index is -5.17. The molecular weight excluding hydrogens is 377 g/mol. The standard InChI is InChI=1S/C10H5F6IO/c1-4(18)5-2-6(9(11,12)13)7(3-8(5)17)10(14,15)16/h2-3H,1H3. The van der Waals surface area contributed by atoms with Gasteiger partial charge in [0.15, 0.2) is 5.78 Å². The van der Waals surface area contributed by atoms with Crippen LogP contribution in [0.3, 0.4) is 0 Å². The molecule has 100 valence electrons. The zero-order valence-electron chi connectivity index (χ0n) is 8.71. The monoisotopic (exact) mass is 382 g/mol. The highest BCUT2D eigenvalue weighted by atomic mass is 127. The third-order valence-corrected chi connectivity index (χ3v) is 2.99. The lowest BCUT2D eigenvalue weighted by atomic mass is 10.0. The molecule has 0 N–H and O–H groups in total. The Morgan fingerprint density at radius 2 is 1.39 bits per heavy atom. The van der Waals surface area contributed by atoms with Crippen molar-refractivity contribution < 1.29 is 31.1 Å². The number of ketones is 1. The number of hydrogen-bond acceptors (Lipinski definition) is 1. The molecule has 0 spiro atoms. The van der Waals surface area contributed by atoms with Gasteiger partial charge in [0.05, 0.1) is 11.1 Å².